The number of hydrogen-bond donors (Lipinski definition) is 3. The highest BCUT2D eigenvalue weighted by atomic mass is 32.2. The molecule has 1 saturated heterocycles. The van der Waals surface area contributed by atoms with Crippen molar-refractivity contribution in [3.63, 3.8) is 0 Å². The SMILES string of the molecule is COc1ccc2c(O[C@@H]3C[C@H]4C(=O)N[C@]5(C(=O)NS(=O)(=O)C6CC6)C[C@H]5/C=C\CCCN(C)C[C@H](NC(=O)OC(C)(C)C)C(=O)N4C3)nc(N(C)C)cc2c1. The lowest BCUT2D eigenvalue weighted by Crippen LogP contribution is -2.59. The molecule has 4 amide bonds. The number of sulfonamides is 1. The fourth-order valence-corrected chi connectivity index (χ4v) is 8.48. The molecule has 1 aromatic carbocycles. The van der Waals surface area contributed by atoms with Crippen molar-refractivity contribution < 1.29 is 41.8 Å². The Morgan fingerprint density at radius 2 is 1.85 bits per heavy atom. The first-order valence-corrected chi connectivity index (χ1v) is 20.3. The van der Waals surface area contributed by atoms with Gasteiger partial charge in [0.2, 0.25) is 27.7 Å². The summed E-state index contributed by atoms with van der Waals surface area (Å²) in [4.78, 5) is 65.9. The summed E-state index contributed by atoms with van der Waals surface area (Å²) in [6.07, 6.45) is 4.76. The molecular formula is C38H53N7O9S. The van der Waals surface area contributed by atoms with Crippen molar-refractivity contribution in [2.24, 2.45) is 5.92 Å². The molecule has 0 bridgehead atoms. The monoisotopic (exact) mass is 783 g/mol. The Hall–Kier alpha value is -4.64. The highest BCUT2D eigenvalue weighted by molar-refractivity contribution is 7.91. The third kappa shape index (κ3) is 9.26. The fraction of sp³-hybridized carbons (Fsp3) is 0.605. The predicted molar refractivity (Wildman–Crippen MR) is 205 cm³/mol. The van der Waals surface area contributed by atoms with E-state index in [2.05, 4.69) is 15.4 Å². The number of carbonyl (C=O) groups excluding carboxylic acids is 4. The minimum absolute atomic E-state index is 0.0245. The molecule has 2 saturated carbocycles. The smallest absolute Gasteiger partial charge is 0.408 e. The molecule has 300 valence electrons. The lowest BCUT2D eigenvalue weighted by Gasteiger charge is -2.32. The summed E-state index contributed by atoms with van der Waals surface area (Å²) >= 11 is 0. The van der Waals surface area contributed by atoms with Gasteiger partial charge in [0.05, 0.1) is 18.9 Å². The minimum Gasteiger partial charge on any atom is -0.497 e. The molecule has 1 aromatic heterocycles. The highest BCUT2D eigenvalue weighted by Gasteiger charge is 2.62. The summed E-state index contributed by atoms with van der Waals surface area (Å²) in [6, 6.07) is 5.14. The number of anilines is 1. The standard InChI is InChI=1S/C38H53N7O9S/c1-37(2,3)54-36(49)39-29-22-44(6)16-10-8-9-11-24-20-38(24,35(48)42-55(50,51)27-13-14-27)41-32(46)30-19-26(21-45(30)34(29)47)53-33-28-15-12-25(52-7)17-23(28)18-31(40-33)43(4)5/h9,11-12,15,17-18,24,26-27,29-30H,8,10,13-14,16,19-22H2,1-7H3,(H,39,49)(H,41,46)(H,42,48)/b11-9-/t24-,26-,29+,30+,38-/m1/s1. The molecule has 2 aliphatic heterocycles. The fourth-order valence-electron chi connectivity index (χ4n) is 7.11. The van der Waals surface area contributed by atoms with E-state index in [1.165, 1.54) is 4.90 Å². The summed E-state index contributed by atoms with van der Waals surface area (Å²) in [6.45, 7) is 5.83. The number of nitrogens with one attached hydrogen (secondary N) is 3. The lowest BCUT2D eigenvalue weighted by molar-refractivity contribution is -0.141. The normalized spacial score (nSPS) is 27.1. The average molecular weight is 784 g/mol. The molecular weight excluding hydrogens is 731 g/mol. The number of rotatable bonds is 8. The first-order chi connectivity index (χ1) is 25.9. The molecule has 17 heteroatoms. The number of ether oxygens (including phenoxy) is 3. The molecule has 3 fully saturated rings. The van der Waals surface area contributed by atoms with Crippen molar-refractivity contribution in [1.29, 1.82) is 0 Å². The second kappa shape index (κ2) is 15.5. The number of allylic oxidation sites excluding steroid dienone is 1. The van der Waals surface area contributed by atoms with Crippen molar-refractivity contribution in [2.45, 2.75) is 93.9 Å². The minimum atomic E-state index is -3.91. The van der Waals surface area contributed by atoms with E-state index in [0.717, 1.165) is 5.39 Å². The number of hydrogen-bond acceptors (Lipinski definition) is 12. The lowest BCUT2D eigenvalue weighted by atomic mass is 10.1. The van der Waals surface area contributed by atoms with E-state index in [0.29, 0.717) is 55.1 Å². The zero-order valence-corrected chi connectivity index (χ0v) is 33.4. The highest BCUT2D eigenvalue weighted by Crippen LogP contribution is 2.46. The first kappa shape index (κ1) is 40.0. The van der Waals surface area contributed by atoms with Crippen molar-refractivity contribution in [1.82, 2.24) is 30.1 Å². The largest absolute Gasteiger partial charge is 0.497 e. The summed E-state index contributed by atoms with van der Waals surface area (Å²) in [7, 11) is 3.22. The van der Waals surface area contributed by atoms with Crippen LogP contribution in [0.1, 0.15) is 59.3 Å². The van der Waals surface area contributed by atoms with Gasteiger partial charge in [-0.15, -0.1) is 0 Å². The number of aromatic nitrogens is 1. The van der Waals surface area contributed by atoms with Crippen molar-refractivity contribution in [3.8, 4) is 11.6 Å². The number of fused-ring (bicyclic) bond motifs is 3. The van der Waals surface area contributed by atoms with Gasteiger partial charge in [0.25, 0.3) is 5.91 Å². The maximum atomic E-state index is 14.6. The maximum Gasteiger partial charge on any atom is 0.408 e. The Balaban J connectivity index is 1.35. The number of alkyl carbamates (subject to hydrolysis) is 1. The van der Waals surface area contributed by atoms with E-state index < -0.39 is 74.3 Å². The van der Waals surface area contributed by atoms with E-state index in [-0.39, 0.29) is 25.9 Å². The van der Waals surface area contributed by atoms with Gasteiger partial charge in [0.1, 0.15) is 40.9 Å². The third-order valence-electron chi connectivity index (χ3n) is 10.3. The zero-order valence-electron chi connectivity index (χ0n) is 32.6. The number of pyridine rings is 1. The Bertz CT molecular complexity index is 1960. The number of carbonyl (C=O) groups is 4. The quantitative estimate of drug-likeness (QED) is 0.332. The van der Waals surface area contributed by atoms with Gasteiger partial charge in [-0.2, -0.15) is 4.98 Å². The van der Waals surface area contributed by atoms with Crippen LogP contribution in [0.15, 0.2) is 36.4 Å². The van der Waals surface area contributed by atoms with Gasteiger partial charge in [-0.3, -0.25) is 19.1 Å². The first-order valence-electron chi connectivity index (χ1n) is 18.7. The van der Waals surface area contributed by atoms with E-state index in [9.17, 15) is 27.6 Å². The van der Waals surface area contributed by atoms with Crippen LogP contribution in [-0.2, 0) is 29.1 Å². The molecule has 3 N–H and O–H groups in total. The van der Waals surface area contributed by atoms with Gasteiger partial charge >= 0.3 is 6.09 Å². The average Bonchev–Trinajstić information content (AvgIpc) is 4.03. The van der Waals surface area contributed by atoms with Crippen molar-refractivity contribution >= 4 is 50.4 Å². The third-order valence-corrected chi connectivity index (χ3v) is 12.1. The topological polar surface area (TPSA) is 189 Å². The summed E-state index contributed by atoms with van der Waals surface area (Å²) in [5.74, 6) is -0.875. The molecule has 5 atom stereocenters. The summed E-state index contributed by atoms with van der Waals surface area (Å²) < 4.78 is 45.5. The van der Waals surface area contributed by atoms with E-state index in [4.69, 9.17) is 19.2 Å². The van der Waals surface area contributed by atoms with Crippen LogP contribution in [0.2, 0.25) is 0 Å². The molecule has 2 aliphatic carbocycles. The van der Waals surface area contributed by atoms with Gasteiger partial charge in [0.15, 0.2) is 0 Å². The van der Waals surface area contributed by atoms with Crippen LogP contribution in [-0.4, -0.2) is 129 Å². The molecule has 0 spiro atoms. The number of benzene rings is 1. The molecule has 55 heavy (non-hydrogen) atoms. The van der Waals surface area contributed by atoms with E-state index in [1.54, 1.807) is 33.9 Å². The number of likely N-dealkylation sites (N-methyl/N-ethyl adjacent to an activating group) is 1. The van der Waals surface area contributed by atoms with Crippen LogP contribution in [0.3, 0.4) is 0 Å². The van der Waals surface area contributed by atoms with Crippen LogP contribution < -0.4 is 29.7 Å². The van der Waals surface area contributed by atoms with Gasteiger partial charge < -0.3 is 39.5 Å². The molecule has 2 aromatic rings. The summed E-state index contributed by atoms with van der Waals surface area (Å²) in [5, 5.41) is 6.48. The molecule has 0 unspecified atom stereocenters. The molecule has 0 radical (unpaired) electrons. The number of amides is 4. The Morgan fingerprint density at radius 3 is 2.53 bits per heavy atom. The van der Waals surface area contributed by atoms with E-state index >= 15 is 0 Å². The summed E-state index contributed by atoms with van der Waals surface area (Å²) in [5.41, 5.74) is -2.35. The van der Waals surface area contributed by atoms with Gasteiger partial charge in [0, 0.05) is 38.4 Å². The van der Waals surface area contributed by atoms with Crippen molar-refractivity contribution in [3.05, 3.63) is 36.4 Å². The molecule has 4 aliphatic rings. The molecule has 16 nitrogen and oxygen atoms in total. The second-order valence-electron chi connectivity index (χ2n) is 16.2. The maximum absolute atomic E-state index is 14.6. The van der Waals surface area contributed by atoms with Gasteiger partial charge in [-0.25, -0.2) is 13.2 Å². The van der Waals surface area contributed by atoms with Crippen LogP contribution >= 0.6 is 0 Å². The van der Waals surface area contributed by atoms with Gasteiger partial charge in [-0.1, -0.05) is 12.2 Å². The molecule has 3 heterocycles. The molecule has 6 rings (SSSR count). The Morgan fingerprint density at radius 1 is 1.11 bits per heavy atom. The number of nitrogens with zero attached hydrogens (tertiary/aromatic N) is 4. The van der Waals surface area contributed by atoms with E-state index in [1.807, 2.05) is 61.3 Å². The van der Waals surface area contributed by atoms with Crippen LogP contribution in [0, 0.1) is 5.92 Å². The van der Waals surface area contributed by atoms with Crippen molar-refractivity contribution in [2.75, 3.05) is 52.8 Å². The Labute approximate surface area is 322 Å². The van der Waals surface area contributed by atoms with Crippen LogP contribution in [0.5, 0.6) is 11.6 Å². The number of methoxy groups -OCH3 is 1. The van der Waals surface area contributed by atoms with Gasteiger partial charge in [-0.05, 0) is 96.1 Å². The van der Waals surface area contributed by atoms with Crippen LogP contribution in [0.25, 0.3) is 10.8 Å². The Kier molecular flexibility index (Phi) is 11.3. The second-order valence-corrected chi connectivity index (χ2v) is 18.2. The predicted octanol–water partition coefficient (Wildman–Crippen LogP) is 2.32. The zero-order chi connectivity index (χ0) is 39.9. The van der Waals surface area contributed by atoms with Crippen LogP contribution in [0.4, 0.5) is 10.6 Å².